The summed E-state index contributed by atoms with van der Waals surface area (Å²) in [5, 5.41) is 9.39. The number of carboxylic acids is 1. The molecule has 0 fully saturated rings. The van der Waals surface area contributed by atoms with Crippen LogP contribution >= 0.6 is 0 Å². The number of aryl methyl sites for hydroxylation is 1. The van der Waals surface area contributed by atoms with E-state index in [1.807, 2.05) is 36.4 Å². The topological polar surface area (TPSA) is 86.5 Å². The first-order valence-corrected chi connectivity index (χ1v) is 14.8. The zero-order valence-corrected chi connectivity index (χ0v) is 25.8. The van der Waals surface area contributed by atoms with Crippen molar-refractivity contribution in [2.24, 2.45) is 0 Å². The van der Waals surface area contributed by atoms with E-state index in [1.165, 1.54) is 31.4 Å². The van der Waals surface area contributed by atoms with Gasteiger partial charge in [-0.15, -0.1) is 0 Å². The van der Waals surface area contributed by atoms with Crippen LogP contribution in [0.2, 0.25) is 0 Å². The highest BCUT2D eigenvalue weighted by Crippen LogP contribution is 2.28. The standard InChI is InChI=1S/C31H26F3N3O4.C6H6/c1-18-6-7-20(23(32)12-18)17-41-30-5-3-4-26(36-30)22-16-24(33)21(13-25(22)34)15-29-35-27-9-8-19(31(38)39)14-28(27)37(29)10-11-40-2;1-2-4-6-5-3-1/h3-9,12-14,16H,10-11,15,17H2,1-2H3,(H,38,39);1-6H. The maximum Gasteiger partial charge on any atom is 0.335 e. The van der Waals surface area contributed by atoms with Crippen LogP contribution in [0.1, 0.15) is 32.9 Å². The summed E-state index contributed by atoms with van der Waals surface area (Å²) in [4.78, 5) is 20.3. The molecule has 10 heteroatoms. The summed E-state index contributed by atoms with van der Waals surface area (Å²) in [6.07, 6.45) is -0.0392. The van der Waals surface area contributed by atoms with E-state index in [1.54, 1.807) is 41.8 Å². The smallest absolute Gasteiger partial charge is 0.335 e. The summed E-state index contributed by atoms with van der Waals surface area (Å²) in [6.45, 7) is 2.37. The van der Waals surface area contributed by atoms with E-state index in [4.69, 9.17) is 9.47 Å². The van der Waals surface area contributed by atoms with Gasteiger partial charge in [-0.3, -0.25) is 0 Å². The van der Waals surface area contributed by atoms with Crippen LogP contribution < -0.4 is 4.74 Å². The second-order valence-electron chi connectivity index (χ2n) is 10.7. The molecule has 0 radical (unpaired) electrons. The fraction of sp³-hybridized carbons (Fsp3) is 0.162. The number of halogens is 3. The second kappa shape index (κ2) is 15.2. The number of pyridine rings is 1. The fourth-order valence-corrected chi connectivity index (χ4v) is 4.91. The van der Waals surface area contributed by atoms with Crippen LogP contribution in [0.4, 0.5) is 13.2 Å². The Hall–Kier alpha value is -5.48. The van der Waals surface area contributed by atoms with E-state index in [2.05, 4.69) is 9.97 Å². The van der Waals surface area contributed by atoms with E-state index in [9.17, 15) is 14.3 Å². The van der Waals surface area contributed by atoms with Crippen molar-refractivity contribution in [2.75, 3.05) is 13.7 Å². The lowest BCUT2D eigenvalue weighted by molar-refractivity contribution is 0.0697. The van der Waals surface area contributed by atoms with Gasteiger partial charge in [-0.05, 0) is 60.5 Å². The lowest BCUT2D eigenvalue weighted by atomic mass is 10.0. The molecule has 0 amide bonds. The Kier molecular flexibility index (Phi) is 10.6. The number of fused-ring (bicyclic) bond motifs is 1. The minimum Gasteiger partial charge on any atom is -0.478 e. The minimum absolute atomic E-state index is 0.0392. The van der Waals surface area contributed by atoms with Gasteiger partial charge in [0.15, 0.2) is 0 Å². The highest BCUT2D eigenvalue weighted by atomic mass is 19.1. The molecule has 6 aromatic rings. The first-order chi connectivity index (χ1) is 22.7. The van der Waals surface area contributed by atoms with Crippen LogP contribution in [0.15, 0.2) is 103 Å². The number of aromatic carboxylic acids is 1. The Bertz CT molecular complexity index is 1970. The predicted octanol–water partition coefficient (Wildman–Crippen LogP) is 8.03. The zero-order valence-electron chi connectivity index (χ0n) is 25.8. The van der Waals surface area contributed by atoms with Crippen molar-refractivity contribution >= 4 is 17.0 Å². The van der Waals surface area contributed by atoms with Crippen molar-refractivity contribution < 1.29 is 32.5 Å². The zero-order chi connectivity index (χ0) is 33.3. The van der Waals surface area contributed by atoms with Crippen LogP contribution in [0, 0.1) is 24.4 Å². The third-order valence-corrected chi connectivity index (χ3v) is 7.33. The molecule has 2 heterocycles. The van der Waals surface area contributed by atoms with Gasteiger partial charge in [-0.1, -0.05) is 54.6 Å². The lowest BCUT2D eigenvalue weighted by Gasteiger charge is -2.12. The summed E-state index contributed by atoms with van der Waals surface area (Å²) in [5.41, 5.74) is 2.48. The SMILES string of the molecule is COCCn1c(Cc2cc(F)c(-c3cccc(OCc4ccc(C)cc4F)n3)cc2F)nc2ccc(C(=O)O)cc21.c1ccccc1. The minimum atomic E-state index is -1.08. The van der Waals surface area contributed by atoms with Gasteiger partial charge >= 0.3 is 5.97 Å². The molecule has 0 atom stereocenters. The van der Waals surface area contributed by atoms with Gasteiger partial charge in [0.1, 0.15) is 29.9 Å². The van der Waals surface area contributed by atoms with Crippen LogP contribution in [-0.2, 0) is 24.3 Å². The largest absolute Gasteiger partial charge is 0.478 e. The third-order valence-electron chi connectivity index (χ3n) is 7.33. The first kappa shape index (κ1) is 32.9. The molecule has 0 aliphatic heterocycles. The van der Waals surface area contributed by atoms with E-state index in [-0.39, 0.29) is 41.3 Å². The first-order valence-electron chi connectivity index (χ1n) is 14.8. The number of benzene rings is 4. The summed E-state index contributed by atoms with van der Waals surface area (Å²) < 4.78 is 57.4. The van der Waals surface area contributed by atoms with E-state index in [0.717, 1.165) is 17.7 Å². The Labute approximate surface area is 269 Å². The third kappa shape index (κ3) is 8.22. The summed E-state index contributed by atoms with van der Waals surface area (Å²) in [7, 11) is 1.53. The molecule has 1 N–H and O–H groups in total. The van der Waals surface area contributed by atoms with Crippen molar-refractivity contribution in [3.63, 3.8) is 0 Å². The molecule has 0 spiro atoms. The molecular weight excluding hydrogens is 607 g/mol. The fourth-order valence-electron chi connectivity index (χ4n) is 4.91. The number of aromatic nitrogens is 3. The molecule has 0 saturated heterocycles. The summed E-state index contributed by atoms with van der Waals surface area (Å²) in [5.74, 6) is -2.26. The van der Waals surface area contributed by atoms with E-state index in [0.29, 0.717) is 35.6 Å². The highest BCUT2D eigenvalue weighted by Gasteiger charge is 2.18. The normalized spacial score (nSPS) is 10.8. The Morgan fingerprint density at radius 2 is 1.53 bits per heavy atom. The molecule has 4 aromatic carbocycles. The second-order valence-corrected chi connectivity index (χ2v) is 10.7. The molecule has 0 saturated carbocycles. The molecular formula is C37H32F3N3O4. The maximum absolute atomic E-state index is 15.4. The van der Waals surface area contributed by atoms with Gasteiger partial charge in [0.2, 0.25) is 5.88 Å². The van der Waals surface area contributed by atoms with E-state index >= 15 is 8.78 Å². The maximum atomic E-state index is 15.4. The Balaban J connectivity index is 0.000000650. The number of hydrogen-bond acceptors (Lipinski definition) is 5. The van der Waals surface area contributed by atoms with Crippen molar-refractivity contribution in [3.05, 3.63) is 149 Å². The number of imidazole rings is 1. The molecule has 0 aliphatic rings. The molecule has 0 unspecified atom stereocenters. The van der Waals surface area contributed by atoms with Gasteiger partial charge in [-0.2, -0.15) is 0 Å². The summed E-state index contributed by atoms with van der Waals surface area (Å²) in [6, 6.07) is 28.2. The Morgan fingerprint density at radius 1 is 0.809 bits per heavy atom. The molecule has 2 aromatic heterocycles. The predicted molar refractivity (Wildman–Crippen MR) is 173 cm³/mol. The molecule has 0 aliphatic carbocycles. The van der Waals surface area contributed by atoms with Gasteiger partial charge in [-0.25, -0.2) is 27.9 Å². The van der Waals surface area contributed by atoms with Crippen LogP contribution in [0.3, 0.4) is 0 Å². The number of carboxylic acid groups (broad SMARTS) is 1. The number of hydrogen-bond donors (Lipinski definition) is 1. The highest BCUT2D eigenvalue weighted by molar-refractivity contribution is 5.92. The van der Waals surface area contributed by atoms with Crippen molar-refractivity contribution in [1.82, 2.24) is 14.5 Å². The number of methoxy groups -OCH3 is 1. The van der Waals surface area contributed by atoms with Gasteiger partial charge in [0.25, 0.3) is 0 Å². The van der Waals surface area contributed by atoms with Crippen molar-refractivity contribution in [3.8, 4) is 17.1 Å². The number of nitrogens with zero attached hydrogens (tertiary/aromatic N) is 3. The molecule has 7 nitrogen and oxygen atoms in total. The number of carbonyl (C=O) groups is 1. The average molecular weight is 640 g/mol. The van der Waals surface area contributed by atoms with Crippen molar-refractivity contribution in [1.29, 1.82) is 0 Å². The Morgan fingerprint density at radius 3 is 2.21 bits per heavy atom. The average Bonchev–Trinajstić information content (AvgIpc) is 3.42. The van der Waals surface area contributed by atoms with Crippen molar-refractivity contribution in [2.45, 2.75) is 26.5 Å². The van der Waals surface area contributed by atoms with Gasteiger partial charge < -0.3 is 19.1 Å². The quantitative estimate of drug-likeness (QED) is 0.163. The van der Waals surface area contributed by atoms with Gasteiger partial charge in [0.05, 0.1) is 28.9 Å². The van der Waals surface area contributed by atoms with Crippen LogP contribution in [0.25, 0.3) is 22.3 Å². The molecule has 47 heavy (non-hydrogen) atoms. The summed E-state index contributed by atoms with van der Waals surface area (Å²) >= 11 is 0. The number of rotatable bonds is 10. The van der Waals surface area contributed by atoms with E-state index < -0.39 is 23.4 Å². The lowest BCUT2D eigenvalue weighted by Crippen LogP contribution is -2.10. The number of ether oxygens (including phenoxy) is 2. The molecule has 6 rings (SSSR count). The molecule has 240 valence electrons. The monoisotopic (exact) mass is 639 g/mol. The molecule has 0 bridgehead atoms. The van der Waals surface area contributed by atoms with Crippen LogP contribution in [0.5, 0.6) is 5.88 Å². The van der Waals surface area contributed by atoms with Crippen LogP contribution in [-0.4, -0.2) is 39.3 Å². The van der Waals surface area contributed by atoms with Gasteiger partial charge in [0, 0.05) is 37.3 Å².